The van der Waals surface area contributed by atoms with Gasteiger partial charge >= 0.3 is 0 Å². The summed E-state index contributed by atoms with van der Waals surface area (Å²) in [6.07, 6.45) is 3.00. The quantitative estimate of drug-likeness (QED) is 0.537. The van der Waals surface area contributed by atoms with E-state index in [0.29, 0.717) is 31.2 Å². The second kappa shape index (κ2) is 11.5. The van der Waals surface area contributed by atoms with Gasteiger partial charge in [0.25, 0.3) is 0 Å². The van der Waals surface area contributed by atoms with E-state index in [9.17, 15) is 10.5 Å². The second-order valence-electron chi connectivity index (χ2n) is 7.20. The molecule has 1 atom stereocenters. The van der Waals surface area contributed by atoms with Crippen LogP contribution in [-0.2, 0) is 24.5 Å². The van der Waals surface area contributed by atoms with E-state index in [1.54, 1.807) is 36.4 Å². The average Bonchev–Trinajstić information content (AvgIpc) is 2.84. The van der Waals surface area contributed by atoms with Gasteiger partial charge in [0, 0.05) is 6.61 Å². The summed E-state index contributed by atoms with van der Waals surface area (Å²) >= 11 is 0. The number of hydrogen-bond donors (Lipinski definition) is 0. The smallest absolute Gasteiger partial charge is 0.157 e. The third kappa shape index (κ3) is 6.30. The van der Waals surface area contributed by atoms with Gasteiger partial charge in [0.1, 0.15) is 29.1 Å². The van der Waals surface area contributed by atoms with Gasteiger partial charge in [-0.25, -0.2) is 9.97 Å². The van der Waals surface area contributed by atoms with Crippen LogP contribution < -0.4 is 0 Å². The summed E-state index contributed by atoms with van der Waals surface area (Å²) in [7, 11) is 0. The summed E-state index contributed by atoms with van der Waals surface area (Å²) in [5, 5.41) is 18.4. The summed E-state index contributed by atoms with van der Waals surface area (Å²) in [5.74, 6) is 0. The number of rotatable bonds is 10. The van der Waals surface area contributed by atoms with Crippen LogP contribution in [0.3, 0.4) is 0 Å². The van der Waals surface area contributed by atoms with Crippen molar-refractivity contribution in [2.75, 3.05) is 33.0 Å². The van der Waals surface area contributed by atoms with Gasteiger partial charge < -0.3 is 18.9 Å². The zero-order chi connectivity index (χ0) is 21.9. The van der Waals surface area contributed by atoms with E-state index in [1.807, 2.05) is 19.1 Å². The minimum Gasteiger partial charge on any atom is -0.377 e. The molecule has 31 heavy (non-hydrogen) atoms. The lowest BCUT2D eigenvalue weighted by Gasteiger charge is -2.29. The Bertz CT molecular complexity index is 874. The number of pyridine rings is 2. The van der Waals surface area contributed by atoms with E-state index in [2.05, 4.69) is 9.97 Å². The molecule has 162 valence electrons. The van der Waals surface area contributed by atoms with Crippen molar-refractivity contribution in [2.45, 2.75) is 38.1 Å². The Hall–Kier alpha value is -2.88. The first-order valence-corrected chi connectivity index (χ1v) is 10.4. The van der Waals surface area contributed by atoms with Gasteiger partial charge in [-0.05, 0) is 50.5 Å². The molecule has 1 saturated heterocycles. The molecule has 0 saturated carbocycles. The highest BCUT2D eigenvalue weighted by Crippen LogP contribution is 2.31. The van der Waals surface area contributed by atoms with Gasteiger partial charge in [-0.2, -0.15) is 10.5 Å². The van der Waals surface area contributed by atoms with Crippen molar-refractivity contribution in [2.24, 2.45) is 0 Å². The van der Waals surface area contributed by atoms with Gasteiger partial charge in [0.2, 0.25) is 0 Å². The van der Waals surface area contributed by atoms with Gasteiger partial charge in [0.15, 0.2) is 6.29 Å². The van der Waals surface area contributed by atoms with Crippen LogP contribution in [0.15, 0.2) is 36.4 Å². The Kier molecular flexibility index (Phi) is 8.45. The number of hydrogen-bond acceptors (Lipinski definition) is 8. The lowest BCUT2D eigenvalue weighted by Crippen LogP contribution is -2.32. The maximum Gasteiger partial charge on any atom is 0.157 e. The SMILES string of the molecule is CC(OCCOCCOC1CCCCO1)(c1cccc(C#N)n1)c1cccc(C#N)n1. The molecule has 2 aromatic rings. The molecule has 0 N–H and O–H groups in total. The molecule has 0 bridgehead atoms. The molecule has 8 heteroatoms. The van der Waals surface area contributed by atoms with E-state index in [0.717, 1.165) is 25.9 Å². The van der Waals surface area contributed by atoms with Crippen molar-refractivity contribution >= 4 is 0 Å². The molecule has 0 amide bonds. The molecule has 8 nitrogen and oxygen atoms in total. The van der Waals surface area contributed by atoms with Crippen molar-refractivity contribution in [1.82, 2.24) is 9.97 Å². The topological polar surface area (TPSA) is 110 Å². The highest BCUT2D eigenvalue weighted by molar-refractivity contribution is 5.33. The molecule has 0 aliphatic carbocycles. The third-order valence-electron chi connectivity index (χ3n) is 4.99. The van der Waals surface area contributed by atoms with Crippen molar-refractivity contribution in [3.8, 4) is 12.1 Å². The lowest BCUT2D eigenvalue weighted by atomic mass is 9.95. The standard InChI is InChI=1S/C23H26N4O4/c1-23(20-8-4-6-18(16-24)26-20,21-9-5-7-19(17-25)27-21)31-15-13-28-12-14-30-22-10-2-3-11-29-22/h4-9,22H,2-3,10-15H2,1H3. The summed E-state index contributed by atoms with van der Waals surface area (Å²) < 4.78 is 23.0. The lowest BCUT2D eigenvalue weighted by molar-refractivity contribution is -0.170. The highest BCUT2D eigenvalue weighted by Gasteiger charge is 2.33. The van der Waals surface area contributed by atoms with Crippen LogP contribution in [0.5, 0.6) is 0 Å². The summed E-state index contributed by atoms with van der Waals surface area (Å²) in [4.78, 5) is 8.78. The largest absolute Gasteiger partial charge is 0.377 e. The van der Waals surface area contributed by atoms with Gasteiger partial charge in [0.05, 0.1) is 37.8 Å². The highest BCUT2D eigenvalue weighted by atomic mass is 16.7. The van der Waals surface area contributed by atoms with Crippen LogP contribution in [0.2, 0.25) is 0 Å². The summed E-state index contributed by atoms with van der Waals surface area (Å²) in [5.41, 5.74) is 0.582. The van der Waals surface area contributed by atoms with E-state index < -0.39 is 5.60 Å². The summed E-state index contributed by atoms with van der Waals surface area (Å²) in [6.45, 7) is 4.08. The van der Waals surface area contributed by atoms with Crippen LogP contribution in [-0.4, -0.2) is 49.3 Å². The first kappa shape index (κ1) is 22.8. The molecule has 0 spiro atoms. The maximum absolute atomic E-state index is 9.22. The summed E-state index contributed by atoms with van der Waals surface area (Å²) in [6, 6.07) is 14.4. The zero-order valence-electron chi connectivity index (χ0n) is 17.6. The Balaban J connectivity index is 1.59. The molecule has 2 aromatic heterocycles. The molecule has 3 heterocycles. The molecule has 0 aromatic carbocycles. The fourth-order valence-electron chi connectivity index (χ4n) is 3.29. The Morgan fingerprint density at radius 2 is 1.61 bits per heavy atom. The molecule has 1 unspecified atom stereocenters. The fourth-order valence-corrected chi connectivity index (χ4v) is 3.29. The molecule has 1 aliphatic rings. The number of aromatic nitrogens is 2. The van der Waals surface area contributed by atoms with Crippen molar-refractivity contribution in [1.29, 1.82) is 10.5 Å². The fraction of sp³-hybridized carbons (Fsp3) is 0.478. The third-order valence-corrected chi connectivity index (χ3v) is 4.99. The van der Waals surface area contributed by atoms with Gasteiger partial charge in [-0.1, -0.05) is 12.1 Å². The van der Waals surface area contributed by atoms with E-state index in [1.165, 1.54) is 0 Å². The average molecular weight is 422 g/mol. The van der Waals surface area contributed by atoms with Crippen LogP contribution in [0.1, 0.15) is 49.0 Å². The maximum atomic E-state index is 9.22. The number of nitrogens with zero attached hydrogens (tertiary/aromatic N) is 4. The van der Waals surface area contributed by atoms with Gasteiger partial charge in [-0.15, -0.1) is 0 Å². The van der Waals surface area contributed by atoms with E-state index in [4.69, 9.17) is 18.9 Å². The first-order valence-electron chi connectivity index (χ1n) is 10.4. The number of ether oxygens (including phenoxy) is 4. The molecular weight excluding hydrogens is 396 g/mol. The minimum atomic E-state index is -1.05. The molecule has 1 fully saturated rings. The Morgan fingerprint density at radius 3 is 2.19 bits per heavy atom. The van der Waals surface area contributed by atoms with E-state index in [-0.39, 0.29) is 24.3 Å². The predicted molar refractivity (Wildman–Crippen MR) is 111 cm³/mol. The molecular formula is C23H26N4O4. The van der Waals surface area contributed by atoms with Crippen LogP contribution >= 0.6 is 0 Å². The number of nitriles is 2. The molecule has 1 aliphatic heterocycles. The van der Waals surface area contributed by atoms with Gasteiger partial charge in [-0.3, -0.25) is 0 Å². The van der Waals surface area contributed by atoms with Crippen LogP contribution in [0.4, 0.5) is 0 Å². The zero-order valence-corrected chi connectivity index (χ0v) is 17.6. The van der Waals surface area contributed by atoms with Crippen molar-refractivity contribution in [3.05, 3.63) is 59.2 Å². The van der Waals surface area contributed by atoms with Crippen molar-refractivity contribution in [3.63, 3.8) is 0 Å². The Labute approximate surface area is 182 Å². The van der Waals surface area contributed by atoms with E-state index >= 15 is 0 Å². The monoisotopic (exact) mass is 422 g/mol. The predicted octanol–water partition coefficient (Wildman–Crippen LogP) is 3.06. The normalized spacial score (nSPS) is 16.4. The molecule has 0 radical (unpaired) electrons. The first-order chi connectivity index (χ1) is 15.2. The molecule has 3 rings (SSSR count). The van der Waals surface area contributed by atoms with Crippen molar-refractivity contribution < 1.29 is 18.9 Å². The second-order valence-corrected chi connectivity index (χ2v) is 7.20. The van der Waals surface area contributed by atoms with Crippen LogP contribution in [0.25, 0.3) is 0 Å². The van der Waals surface area contributed by atoms with Crippen LogP contribution in [0, 0.1) is 22.7 Å². The minimum absolute atomic E-state index is 0.131. The Morgan fingerprint density at radius 1 is 0.968 bits per heavy atom.